The summed E-state index contributed by atoms with van der Waals surface area (Å²) >= 11 is 8.56. The summed E-state index contributed by atoms with van der Waals surface area (Å²) in [5.74, 6) is 3.30. The molecular weight excluding hydrogens is 452 g/mol. The normalized spacial score (nSPS) is 38.2. The Balaban J connectivity index is 1.24. The van der Waals surface area contributed by atoms with Gasteiger partial charge in [0.25, 0.3) is 0 Å². The van der Waals surface area contributed by atoms with Gasteiger partial charge in [-0.05, 0) is 92.2 Å². The summed E-state index contributed by atoms with van der Waals surface area (Å²) in [6.07, 6.45) is 10.1. The monoisotopic (exact) mass is 490 g/mol. The van der Waals surface area contributed by atoms with Crippen LogP contribution in [0.2, 0.25) is 0 Å². The molecule has 4 heteroatoms. The predicted octanol–water partition coefficient (Wildman–Crippen LogP) is 6.48. The number of thioether (sulfide) groups is 1. The quantitative estimate of drug-likeness (QED) is 0.436. The van der Waals surface area contributed by atoms with Gasteiger partial charge in [0.05, 0.1) is 4.99 Å². The third-order valence-corrected chi connectivity index (χ3v) is 11.9. The molecule has 180 valence electrons. The summed E-state index contributed by atoms with van der Waals surface area (Å²) in [6, 6.07) is 23.0. The van der Waals surface area contributed by atoms with Crippen molar-refractivity contribution in [1.82, 2.24) is 5.32 Å². The first kappa shape index (κ1) is 23.1. The molecule has 34 heavy (non-hydrogen) atoms. The van der Waals surface area contributed by atoms with Crippen molar-refractivity contribution in [3.05, 3.63) is 71.8 Å². The van der Waals surface area contributed by atoms with Crippen LogP contribution in [0.5, 0.6) is 0 Å². The number of benzene rings is 2. The highest BCUT2D eigenvalue weighted by Crippen LogP contribution is 2.73. The van der Waals surface area contributed by atoms with Gasteiger partial charge in [0.2, 0.25) is 0 Å². The number of hydrogen-bond acceptors (Lipinski definition) is 3. The molecule has 0 aromatic heterocycles. The van der Waals surface area contributed by atoms with Gasteiger partial charge in [-0.1, -0.05) is 72.9 Å². The fourth-order valence-electron chi connectivity index (χ4n) is 8.20. The standard InChI is InChI=1S/C30H38N2S2/c31-18-21-11-13-25(14-12-21)32-28(33)30-16-23-15-29(20-30,24-9-5-2-6-10-24)17-26(30)27(23)34-19-22-7-3-1-4-8-22/h1-10,21,23,25-27H,11-20,31H2,(H,32,33). The second-order valence-corrected chi connectivity index (χ2v) is 13.2. The minimum atomic E-state index is 0.188. The van der Waals surface area contributed by atoms with E-state index < -0.39 is 0 Å². The van der Waals surface area contributed by atoms with Gasteiger partial charge in [0.15, 0.2) is 0 Å². The largest absolute Gasteiger partial charge is 0.376 e. The summed E-state index contributed by atoms with van der Waals surface area (Å²) in [5, 5.41) is 4.68. The molecule has 5 aliphatic rings. The van der Waals surface area contributed by atoms with Crippen LogP contribution >= 0.6 is 24.0 Å². The van der Waals surface area contributed by atoms with E-state index in [1.807, 2.05) is 0 Å². The van der Waals surface area contributed by atoms with E-state index in [1.54, 1.807) is 5.56 Å². The van der Waals surface area contributed by atoms with Gasteiger partial charge in [-0.3, -0.25) is 0 Å². The van der Waals surface area contributed by atoms with Crippen LogP contribution in [0.1, 0.15) is 62.5 Å². The Labute approximate surface area is 214 Å². The van der Waals surface area contributed by atoms with Crippen molar-refractivity contribution in [2.75, 3.05) is 6.54 Å². The van der Waals surface area contributed by atoms with Gasteiger partial charge in [-0.2, -0.15) is 11.8 Å². The van der Waals surface area contributed by atoms with Gasteiger partial charge in [0.1, 0.15) is 0 Å². The Kier molecular flexibility index (Phi) is 6.28. The molecule has 7 rings (SSSR count). The minimum absolute atomic E-state index is 0.188. The molecule has 5 atom stereocenters. The molecule has 0 saturated heterocycles. The summed E-state index contributed by atoms with van der Waals surface area (Å²) in [5.41, 5.74) is 9.47. The fourth-order valence-corrected chi connectivity index (χ4v) is 10.3. The van der Waals surface area contributed by atoms with Gasteiger partial charge >= 0.3 is 0 Å². The highest BCUT2D eigenvalue weighted by Gasteiger charge is 2.69. The molecule has 5 fully saturated rings. The predicted molar refractivity (Wildman–Crippen MR) is 148 cm³/mol. The maximum Gasteiger partial charge on any atom is 0.0821 e. The lowest BCUT2D eigenvalue weighted by Crippen LogP contribution is -2.47. The van der Waals surface area contributed by atoms with E-state index in [1.165, 1.54) is 61.9 Å². The number of thiocarbonyl (C=S) groups is 1. The lowest BCUT2D eigenvalue weighted by molar-refractivity contribution is 0.218. The average Bonchev–Trinajstić information content (AvgIpc) is 3.26. The van der Waals surface area contributed by atoms with Crippen molar-refractivity contribution in [1.29, 1.82) is 0 Å². The summed E-state index contributed by atoms with van der Waals surface area (Å²) in [7, 11) is 0. The minimum Gasteiger partial charge on any atom is -0.376 e. The Hall–Kier alpha value is -1.36. The van der Waals surface area contributed by atoms with Crippen molar-refractivity contribution < 1.29 is 0 Å². The SMILES string of the molecule is NCC1CCC(NC(=S)C23CC4CC(c5ccccc5)(CC2C4SCc2ccccc2)C3)CC1. The van der Waals surface area contributed by atoms with Crippen molar-refractivity contribution in [2.24, 2.45) is 28.9 Å². The van der Waals surface area contributed by atoms with Crippen LogP contribution in [-0.4, -0.2) is 22.8 Å². The Morgan fingerprint density at radius 2 is 1.65 bits per heavy atom. The Morgan fingerprint density at radius 3 is 2.35 bits per heavy atom. The van der Waals surface area contributed by atoms with Crippen molar-refractivity contribution in [3.63, 3.8) is 0 Å². The maximum absolute atomic E-state index is 6.34. The Morgan fingerprint density at radius 1 is 0.941 bits per heavy atom. The van der Waals surface area contributed by atoms with E-state index in [0.717, 1.165) is 23.5 Å². The van der Waals surface area contributed by atoms with Crippen LogP contribution < -0.4 is 11.1 Å². The van der Waals surface area contributed by atoms with E-state index in [2.05, 4.69) is 77.7 Å². The molecule has 4 bridgehead atoms. The number of rotatable bonds is 7. The average molecular weight is 491 g/mol. The van der Waals surface area contributed by atoms with Crippen LogP contribution in [0.3, 0.4) is 0 Å². The highest BCUT2D eigenvalue weighted by molar-refractivity contribution is 7.99. The van der Waals surface area contributed by atoms with Crippen LogP contribution in [0, 0.1) is 23.2 Å². The summed E-state index contributed by atoms with van der Waals surface area (Å²) in [4.78, 5) is 1.21. The molecule has 2 aromatic carbocycles. The molecule has 5 saturated carbocycles. The number of nitrogens with one attached hydrogen (secondary N) is 1. The van der Waals surface area contributed by atoms with Crippen molar-refractivity contribution >= 4 is 29.0 Å². The zero-order valence-electron chi connectivity index (χ0n) is 20.1. The summed E-state index contributed by atoms with van der Waals surface area (Å²) < 4.78 is 0. The van der Waals surface area contributed by atoms with E-state index >= 15 is 0 Å². The second-order valence-electron chi connectivity index (χ2n) is 11.6. The summed E-state index contributed by atoms with van der Waals surface area (Å²) in [6.45, 7) is 0.838. The number of hydrogen-bond donors (Lipinski definition) is 2. The smallest absolute Gasteiger partial charge is 0.0821 e. The molecule has 0 amide bonds. The van der Waals surface area contributed by atoms with Crippen LogP contribution in [-0.2, 0) is 11.2 Å². The zero-order chi connectivity index (χ0) is 23.2. The van der Waals surface area contributed by atoms with Gasteiger partial charge in [-0.15, -0.1) is 0 Å². The van der Waals surface area contributed by atoms with E-state index in [9.17, 15) is 0 Å². The first-order chi connectivity index (χ1) is 16.6. The van der Waals surface area contributed by atoms with Crippen LogP contribution in [0.4, 0.5) is 0 Å². The fraction of sp³-hybridized carbons (Fsp3) is 0.567. The Bertz CT molecular complexity index is 1000. The molecule has 0 heterocycles. The molecule has 2 nitrogen and oxygen atoms in total. The maximum atomic E-state index is 6.34. The van der Waals surface area contributed by atoms with Gasteiger partial charge in [-0.25, -0.2) is 0 Å². The third-order valence-electron chi connectivity index (χ3n) is 9.75. The highest BCUT2D eigenvalue weighted by atomic mass is 32.2. The van der Waals surface area contributed by atoms with Crippen molar-refractivity contribution in [3.8, 4) is 0 Å². The molecular formula is C30H38N2S2. The molecule has 2 aromatic rings. The van der Waals surface area contributed by atoms with Crippen LogP contribution in [0.25, 0.3) is 0 Å². The molecule has 5 unspecified atom stereocenters. The van der Waals surface area contributed by atoms with Crippen molar-refractivity contribution in [2.45, 2.75) is 73.8 Å². The van der Waals surface area contributed by atoms with Gasteiger partial charge in [0, 0.05) is 22.5 Å². The first-order valence-electron chi connectivity index (χ1n) is 13.3. The van der Waals surface area contributed by atoms with Gasteiger partial charge < -0.3 is 11.1 Å². The first-order valence-corrected chi connectivity index (χ1v) is 14.8. The molecule has 0 aliphatic heterocycles. The number of nitrogens with two attached hydrogens (primary N) is 1. The molecule has 0 spiro atoms. The zero-order valence-corrected chi connectivity index (χ0v) is 21.8. The van der Waals surface area contributed by atoms with E-state index in [0.29, 0.717) is 23.3 Å². The van der Waals surface area contributed by atoms with E-state index in [-0.39, 0.29) is 5.41 Å². The molecule has 5 aliphatic carbocycles. The lowest BCUT2D eigenvalue weighted by Gasteiger charge is -2.43. The topological polar surface area (TPSA) is 38.0 Å². The van der Waals surface area contributed by atoms with Crippen LogP contribution in [0.15, 0.2) is 60.7 Å². The van der Waals surface area contributed by atoms with E-state index in [4.69, 9.17) is 18.0 Å². The molecule has 0 radical (unpaired) electrons. The lowest BCUT2D eigenvalue weighted by atomic mass is 9.63. The second kappa shape index (κ2) is 9.26. The molecule has 3 N–H and O–H groups in total. The third kappa shape index (κ3) is 3.94.